The van der Waals surface area contributed by atoms with Crippen molar-refractivity contribution >= 4 is 39.7 Å². The predicted molar refractivity (Wildman–Crippen MR) is 111 cm³/mol. The average molecular weight is 469 g/mol. The molecule has 30 heavy (non-hydrogen) atoms. The maximum atomic E-state index is 12.4. The summed E-state index contributed by atoms with van der Waals surface area (Å²) in [7, 11) is 0. The van der Waals surface area contributed by atoms with Crippen molar-refractivity contribution in [3.8, 4) is 5.75 Å². The molecule has 0 radical (unpaired) electrons. The van der Waals surface area contributed by atoms with Gasteiger partial charge in [0.05, 0.1) is 22.3 Å². The molecule has 2 aromatic carbocycles. The normalized spacial score (nSPS) is 10.6. The number of hydrogen-bond acceptors (Lipinski definition) is 7. The van der Waals surface area contributed by atoms with Crippen LogP contribution in [-0.2, 0) is 0 Å². The molecule has 1 N–H and O–H groups in total. The Morgan fingerprint density at radius 1 is 1.13 bits per heavy atom. The van der Waals surface area contributed by atoms with Gasteiger partial charge in [0.1, 0.15) is 5.75 Å². The van der Waals surface area contributed by atoms with Crippen molar-refractivity contribution in [1.82, 2.24) is 10.4 Å². The summed E-state index contributed by atoms with van der Waals surface area (Å²) in [5.41, 5.74) is 3.15. The van der Waals surface area contributed by atoms with E-state index in [4.69, 9.17) is 4.74 Å². The second-order valence-electron chi connectivity index (χ2n) is 5.82. The Morgan fingerprint density at radius 3 is 2.57 bits per heavy atom. The lowest BCUT2D eigenvalue weighted by atomic mass is 10.2. The summed E-state index contributed by atoms with van der Waals surface area (Å²) < 4.78 is 6.09. The van der Waals surface area contributed by atoms with Crippen LogP contribution in [0.15, 0.2) is 76.6 Å². The Labute approximate surface area is 178 Å². The van der Waals surface area contributed by atoms with E-state index >= 15 is 0 Å². The van der Waals surface area contributed by atoms with Crippen molar-refractivity contribution in [2.45, 2.75) is 0 Å². The van der Waals surface area contributed by atoms with E-state index in [2.05, 4.69) is 31.4 Å². The highest BCUT2D eigenvalue weighted by Crippen LogP contribution is 2.23. The SMILES string of the molecule is O=C(N/N=C/c1cc(Br)ccc1OC(=O)c1ccc([N+](=O)[O-])cc1)c1cccnc1. The number of non-ortho nitro benzene ring substituents is 1. The summed E-state index contributed by atoms with van der Waals surface area (Å²) in [6.07, 6.45) is 4.28. The third-order valence-corrected chi connectivity index (χ3v) is 4.28. The predicted octanol–water partition coefficient (Wildman–Crippen LogP) is 3.74. The highest BCUT2D eigenvalue weighted by molar-refractivity contribution is 9.10. The van der Waals surface area contributed by atoms with Gasteiger partial charge in [0.25, 0.3) is 11.6 Å². The molecule has 0 unspecified atom stereocenters. The number of nitrogens with one attached hydrogen (secondary N) is 1. The number of esters is 1. The number of hydrazone groups is 1. The number of benzene rings is 2. The molecule has 10 heteroatoms. The van der Waals surface area contributed by atoms with Crippen molar-refractivity contribution in [2.24, 2.45) is 5.10 Å². The topological polar surface area (TPSA) is 124 Å². The van der Waals surface area contributed by atoms with Gasteiger partial charge in [0, 0.05) is 34.6 Å². The van der Waals surface area contributed by atoms with Crippen LogP contribution < -0.4 is 10.2 Å². The number of nitro groups is 1. The number of nitro benzene ring substituents is 1. The Balaban J connectivity index is 1.73. The Kier molecular flexibility index (Phi) is 6.60. The zero-order valence-corrected chi connectivity index (χ0v) is 16.8. The number of ether oxygens (including phenoxy) is 1. The number of halogens is 1. The first-order chi connectivity index (χ1) is 14.4. The van der Waals surface area contributed by atoms with Crippen molar-refractivity contribution in [3.05, 3.63) is 98.3 Å². The largest absolute Gasteiger partial charge is 0.422 e. The van der Waals surface area contributed by atoms with Gasteiger partial charge in [-0.15, -0.1) is 0 Å². The van der Waals surface area contributed by atoms with E-state index in [1.54, 1.807) is 36.5 Å². The number of aromatic nitrogens is 1. The summed E-state index contributed by atoms with van der Waals surface area (Å²) >= 11 is 3.32. The van der Waals surface area contributed by atoms with E-state index in [0.29, 0.717) is 15.6 Å². The van der Waals surface area contributed by atoms with Crippen molar-refractivity contribution in [2.75, 3.05) is 0 Å². The van der Waals surface area contributed by atoms with Crippen LogP contribution in [0, 0.1) is 10.1 Å². The van der Waals surface area contributed by atoms with Crippen LogP contribution in [0.2, 0.25) is 0 Å². The summed E-state index contributed by atoms with van der Waals surface area (Å²) in [5, 5.41) is 14.6. The van der Waals surface area contributed by atoms with Crippen LogP contribution in [0.1, 0.15) is 26.3 Å². The average Bonchev–Trinajstić information content (AvgIpc) is 2.76. The van der Waals surface area contributed by atoms with E-state index in [1.807, 2.05) is 0 Å². The van der Waals surface area contributed by atoms with Crippen LogP contribution in [0.3, 0.4) is 0 Å². The van der Waals surface area contributed by atoms with E-state index in [1.165, 1.54) is 36.7 Å². The van der Waals surface area contributed by atoms with E-state index < -0.39 is 16.8 Å². The molecule has 1 heterocycles. The van der Waals surface area contributed by atoms with Crippen LogP contribution in [-0.4, -0.2) is 28.0 Å². The molecule has 0 aliphatic carbocycles. The molecule has 1 aromatic heterocycles. The van der Waals surface area contributed by atoms with Crippen molar-refractivity contribution in [3.63, 3.8) is 0 Å². The molecule has 150 valence electrons. The molecule has 0 saturated carbocycles. The fourth-order valence-electron chi connectivity index (χ4n) is 2.31. The molecule has 0 bridgehead atoms. The van der Waals surface area contributed by atoms with Crippen LogP contribution in [0.25, 0.3) is 0 Å². The zero-order valence-electron chi connectivity index (χ0n) is 15.2. The number of rotatable bonds is 6. The summed E-state index contributed by atoms with van der Waals surface area (Å²) in [4.78, 5) is 38.4. The van der Waals surface area contributed by atoms with Gasteiger partial charge in [-0.1, -0.05) is 15.9 Å². The number of nitrogens with zero attached hydrogens (tertiary/aromatic N) is 3. The highest BCUT2D eigenvalue weighted by atomic mass is 79.9. The molecule has 0 fully saturated rings. The molecule has 9 nitrogen and oxygen atoms in total. The maximum Gasteiger partial charge on any atom is 0.343 e. The van der Waals surface area contributed by atoms with Gasteiger partial charge >= 0.3 is 5.97 Å². The molecule has 3 aromatic rings. The van der Waals surface area contributed by atoms with Gasteiger partial charge in [0.2, 0.25) is 0 Å². The van der Waals surface area contributed by atoms with Crippen LogP contribution >= 0.6 is 15.9 Å². The van der Waals surface area contributed by atoms with Gasteiger partial charge in [-0.25, -0.2) is 10.2 Å². The van der Waals surface area contributed by atoms with E-state index in [-0.39, 0.29) is 17.0 Å². The van der Waals surface area contributed by atoms with Crippen LogP contribution in [0.4, 0.5) is 5.69 Å². The highest BCUT2D eigenvalue weighted by Gasteiger charge is 2.14. The second-order valence-corrected chi connectivity index (χ2v) is 6.73. The molecule has 0 saturated heterocycles. The number of hydrogen-bond donors (Lipinski definition) is 1. The first-order valence-electron chi connectivity index (χ1n) is 8.43. The zero-order chi connectivity index (χ0) is 21.5. The van der Waals surface area contributed by atoms with E-state index in [9.17, 15) is 19.7 Å². The lowest BCUT2D eigenvalue weighted by Gasteiger charge is -2.08. The Hall–Kier alpha value is -3.92. The van der Waals surface area contributed by atoms with Gasteiger partial charge in [-0.2, -0.15) is 5.10 Å². The first kappa shape index (κ1) is 20.8. The van der Waals surface area contributed by atoms with Crippen molar-refractivity contribution < 1.29 is 19.2 Å². The maximum absolute atomic E-state index is 12.4. The second kappa shape index (κ2) is 9.52. The molecule has 0 aliphatic heterocycles. The number of pyridine rings is 1. The third kappa shape index (κ3) is 5.32. The van der Waals surface area contributed by atoms with Gasteiger partial charge in [-0.05, 0) is 42.5 Å². The lowest BCUT2D eigenvalue weighted by molar-refractivity contribution is -0.384. The van der Waals surface area contributed by atoms with Gasteiger partial charge in [0.15, 0.2) is 0 Å². The Bertz CT molecular complexity index is 1120. The Morgan fingerprint density at radius 2 is 1.90 bits per heavy atom. The summed E-state index contributed by atoms with van der Waals surface area (Å²) in [6, 6.07) is 13.1. The third-order valence-electron chi connectivity index (χ3n) is 3.78. The lowest BCUT2D eigenvalue weighted by Crippen LogP contribution is -2.17. The number of amides is 1. The molecular formula is C20H13BrN4O5. The standard InChI is InChI=1S/C20H13BrN4O5/c21-16-5-8-18(30-20(27)13-3-6-17(7-4-13)25(28)29)15(10-16)12-23-24-19(26)14-2-1-9-22-11-14/h1-12H,(H,24,26)/b23-12+. The van der Waals surface area contributed by atoms with Gasteiger partial charge in [-0.3, -0.25) is 19.9 Å². The molecular weight excluding hydrogens is 456 g/mol. The first-order valence-corrected chi connectivity index (χ1v) is 9.23. The monoisotopic (exact) mass is 468 g/mol. The molecule has 3 rings (SSSR count). The number of carbonyl (C=O) groups excluding carboxylic acids is 2. The minimum absolute atomic E-state index is 0.132. The van der Waals surface area contributed by atoms with Crippen molar-refractivity contribution in [1.29, 1.82) is 0 Å². The molecule has 0 spiro atoms. The quantitative estimate of drug-likeness (QED) is 0.193. The fourth-order valence-corrected chi connectivity index (χ4v) is 2.69. The minimum Gasteiger partial charge on any atom is -0.422 e. The minimum atomic E-state index is -0.693. The van der Waals surface area contributed by atoms with Crippen LogP contribution in [0.5, 0.6) is 5.75 Å². The summed E-state index contributed by atoms with van der Waals surface area (Å²) in [5.74, 6) is -0.944. The molecule has 1 amide bonds. The van der Waals surface area contributed by atoms with Gasteiger partial charge < -0.3 is 4.74 Å². The smallest absolute Gasteiger partial charge is 0.343 e. The molecule has 0 atom stereocenters. The summed E-state index contributed by atoms with van der Waals surface area (Å²) in [6.45, 7) is 0. The van der Waals surface area contributed by atoms with E-state index in [0.717, 1.165) is 0 Å². The number of carbonyl (C=O) groups is 2. The fraction of sp³-hybridized carbons (Fsp3) is 0. The molecule has 0 aliphatic rings.